The molecule has 0 saturated heterocycles. The van der Waals surface area contributed by atoms with Crippen LogP contribution in [0.25, 0.3) is 11.3 Å². The molecular formula is C31H23Cl3N2O4. The van der Waals surface area contributed by atoms with Crippen molar-refractivity contribution >= 4 is 41.3 Å². The van der Waals surface area contributed by atoms with E-state index < -0.39 is 5.41 Å². The van der Waals surface area contributed by atoms with E-state index in [1.807, 2.05) is 31.2 Å². The second-order valence-electron chi connectivity index (χ2n) is 10.2. The van der Waals surface area contributed by atoms with Crippen molar-refractivity contribution in [2.75, 3.05) is 0 Å². The van der Waals surface area contributed by atoms with E-state index in [1.165, 1.54) is 0 Å². The third-order valence-corrected chi connectivity index (χ3v) is 8.68. The molecule has 4 aromatic rings. The van der Waals surface area contributed by atoms with Crippen LogP contribution in [0.2, 0.25) is 15.1 Å². The number of nitriles is 1. The first kappa shape index (κ1) is 26.7. The molecule has 0 N–H and O–H groups in total. The summed E-state index contributed by atoms with van der Waals surface area (Å²) in [5, 5.41) is 16.0. The second kappa shape index (κ2) is 10.5. The largest absolute Gasteiger partial charge is 0.489 e. The molecule has 9 heteroatoms. The van der Waals surface area contributed by atoms with E-state index in [2.05, 4.69) is 11.2 Å². The Balaban J connectivity index is 1.26. The third-order valence-electron chi connectivity index (χ3n) is 7.74. The molecule has 6 rings (SSSR count). The van der Waals surface area contributed by atoms with Gasteiger partial charge in [-0.05, 0) is 79.3 Å². The number of carbonyl (C=O) groups is 1. The number of aromatic nitrogens is 1. The summed E-state index contributed by atoms with van der Waals surface area (Å²) in [5.74, 6) is 2.01. The predicted octanol–water partition coefficient (Wildman–Crippen LogP) is 8.55. The lowest BCUT2D eigenvalue weighted by Crippen LogP contribution is -2.09. The maximum Gasteiger partial charge on any atom is 0.298 e. The summed E-state index contributed by atoms with van der Waals surface area (Å²) in [5.41, 5.74) is 3.93. The van der Waals surface area contributed by atoms with Crippen LogP contribution < -0.4 is 9.47 Å². The summed E-state index contributed by atoms with van der Waals surface area (Å²) >= 11 is 19.7. The van der Waals surface area contributed by atoms with Crippen LogP contribution in [0.5, 0.6) is 11.5 Å². The van der Waals surface area contributed by atoms with Crippen molar-refractivity contribution in [3.8, 4) is 28.8 Å². The molecule has 6 nitrogen and oxygen atoms in total. The first-order chi connectivity index (χ1) is 19.4. The maximum atomic E-state index is 10.8. The molecule has 2 atom stereocenters. The quantitative estimate of drug-likeness (QED) is 0.181. The minimum absolute atomic E-state index is 0.0713. The molecule has 2 saturated carbocycles. The van der Waals surface area contributed by atoms with Crippen molar-refractivity contribution in [3.05, 3.63) is 97.7 Å². The number of carbonyl (C=O) groups excluding carboxylic acids is 1. The van der Waals surface area contributed by atoms with Crippen LogP contribution in [0.1, 0.15) is 59.1 Å². The molecule has 0 radical (unpaired) electrons. The van der Waals surface area contributed by atoms with Crippen LogP contribution in [0.3, 0.4) is 0 Å². The van der Waals surface area contributed by atoms with Crippen LogP contribution in [0.15, 0.2) is 59.1 Å². The van der Waals surface area contributed by atoms with Crippen LogP contribution in [0, 0.1) is 18.3 Å². The van der Waals surface area contributed by atoms with Gasteiger partial charge in [0.25, 0.3) is 6.47 Å². The van der Waals surface area contributed by atoms with Gasteiger partial charge in [-0.1, -0.05) is 58.2 Å². The summed E-state index contributed by atoms with van der Waals surface area (Å²) in [7, 11) is 0. The summed E-state index contributed by atoms with van der Waals surface area (Å²) < 4.78 is 16.9. The van der Waals surface area contributed by atoms with Crippen LogP contribution >= 0.6 is 34.8 Å². The lowest BCUT2D eigenvalue weighted by molar-refractivity contribution is -0.120. The van der Waals surface area contributed by atoms with Crippen molar-refractivity contribution < 1.29 is 18.8 Å². The van der Waals surface area contributed by atoms with E-state index in [-0.39, 0.29) is 12.5 Å². The number of aryl methyl sites for hydroxylation is 1. The first-order valence-electron chi connectivity index (χ1n) is 12.8. The molecule has 2 fully saturated rings. The van der Waals surface area contributed by atoms with Gasteiger partial charge in [0.15, 0.2) is 0 Å². The fourth-order valence-electron chi connectivity index (χ4n) is 5.39. The molecule has 2 aliphatic rings. The average molecular weight is 594 g/mol. The number of benzene rings is 3. The van der Waals surface area contributed by atoms with E-state index in [0.717, 1.165) is 40.9 Å². The van der Waals surface area contributed by atoms with Gasteiger partial charge in [0.05, 0.1) is 27.1 Å². The van der Waals surface area contributed by atoms with Gasteiger partial charge in [-0.2, -0.15) is 5.26 Å². The zero-order chi connectivity index (χ0) is 28.0. The van der Waals surface area contributed by atoms with Crippen LogP contribution in [-0.2, 0) is 16.8 Å². The molecule has 2 aliphatic carbocycles. The fourth-order valence-corrected chi connectivity index (χ4v) is 6.31. The smallest absolute Gasteiger partial charge is 0.298 e. The number of ether oxygens (including phenoxy) is 2. The number of rotatable bonds is 9. The molecular weight excluding hydrogens is 571 g/mol. The minimum atomic E-state index is -0.776. The van der Waals surface area contributed by atoms with Gasteiger partial charge in [-0.25, -0.2) is 0 Å². The van der Waals surface area contributed by atoms with Gasteiger partial charge in [-0.3, -0.25) is 4.79 Å². The molecule has 0 aliphatic heterocycles. The highest BCUT2D eigenvalue weighted by Crippen LogP contribution is 2.62. The average Bonchev–Trinajstić information content (AvgIpc) is 3.86. The Bertz CT molecular complexity index is 1650. The topological polar surface area (TPSA) is 85.4 Å². The van der Waals surface area contributed by atoms with E-state index in [1.54, 1.807) is 30.3 Å². The predicted molar refractivity (Wildman–Crippen MR) is 152 cm³/mol. The second-order valence-corrected chi connectivity index (χ2v) is 11.5. The monoisotopic (exact) mass is 592 g/mol. The molecule has 1 heterocycles. The number of hydrogen-bond acceptors (Lipinski definition) is 6. The highest BCUT2D eigenvalue weighted by Gasteiger charge is 2.58. The zero-order valence-corrected chi connectivity index (χ0v) is 23.7. The highest BCUT2D eigenvalue weighted by atomic mass is 35.5. The molecule has 0 amide bonds. The van der Waals surface area contributed by atoms with Gasteiger partial charge in [0.2, 0.25) is 0 Å². The molecule has 202 valence electrons. The Labute approximate surface area is 246 Å². The number of halogens is 3. The van der Waals surface area contributed by atoms with Crippen molar-refractivity contribution in [2.45, 2.75) is 50.0 Å². The van der Waals surface area contributed by atoms with Crippen molar-refractivity contribution in [1.82, 2.24) is 5.16 Å². The summed E-state index contributed by atoms with van der Waals surface area (Å²) in [4.78, 5) is 10.8. The van der Waals surface area contributed by atoms with Gasteiger partial charge in [-0.15, -0.1) is 0 Å². The van der Waals surface area contributed by atoms with Gasteiger partial charge in [0.1, 0.15) is 29.6 Å². The van der Waals surface area contributed by atoms with Gasteiger partial charge >= 0.3 is 0 Å². The summed E-state index contributed by atoms with van der Waals surface area (Å²) in [6.45, 7) is 2.56. The molecule has 3 aromatic carbocycles. The van der Waals surface area contributed by atoms with E-state index >= 15 is 0 Å². The summed E-state index contributed by atoms with van der Waals surface area (Å²) in [6, 6.07) is 18.6. The Morgan fingerprint density at radius 3 is 2.50 bits per heavy atom. The van der Waals surface area contributed by atoms with Gasteiger partial charge in [0, 0.05) is 22.4 Å². The van der Waals surface area contributed by atoms with Gasteiger partial charge < -0.3 is 14.0 Å². The molecule has 0 bridgehead atoms. The SMILES string of the molecule is Cc1ccc(OC=O)cc1C1CC1(C#N)c1ccc(OCc2c(-c3c(Cl)cccc3Cl)noc2C2CC2)cc1Cl. The standard InChI is InChI=1S/C31H23Cl3N2O4/c1-17-5-8-19(39-16-37)11-21(17)24-13-31(24,15-35)23-10-9-20(12-27(23)34)38-14-22-29(36-40-30(22)18-6-7-18)28-25(32)3-2-4-26(28)33/h2-5,8-12,16,18,24H,6-7,13-14H2,1H3. The molecule has 2 unspecified atom stereocenters. The summed E-state index contributed by atoms with van der Waals surface area (Å²) in [6.07, 6.45) is 2.67. The fraction of sp³-hybridized carbons (Fsp3) is 0.258. The Morgan fingerprint density at radius 1 is 1.07 bits per heavy atom. The van der Waals surface area contributed by atoms with Crippen molar-refractivity contribution in [2.24, 2.45) is 0 Å². The van der Waals surface area contributed by atoms with E-state index in [0.29, 0.717) is 56.6 Å². The maximum absolute atomic E-state index is 10.8. The third kappa shape index (κ3) is 4.73. The van der Waals surface area contributed by atoms with Crippen molar-refractivity contribution in [3.63, 3.8) is 0 Å². The number of hydrogen-bond donors (Lipinski definition) is 0. The molecule has 40 heavy (non-hydrogen) atoms. The number of nitrogens with zero attached hydrogens (tertiary/aromatic N) is 2. The van der Waals surface area contributed by atoms with E-state index in [9.17, 15) is 10.1 Å². The lowest BCUT2D eigenvalue weighted by atomic mass is 9.90. The highest BCUT2D eigenvalue weighted by molar-refractivity contribution is 6.39. The Hall–Kier alpha value is -3.50. The van der Waals surface area contributed by atoms with E-state index in [4.69, 9.17) is 48.8 Å². The zero-order valence-electron chi connectivity index (χ0n) is 21.4. The van der Waals surface area contributed by atoms with Crippen molar-refractivity contribution in [1.29, 1.82) is 5.26 Å². The lowest BCUT2D eigenvalue weighted by Gasteiger charge is -2.15. The normalized spacial score (nSPS) is 19.6. The van der Waals surface area contributed by atoms with Crippen LogP contribution in [0.4, 0.5) is 0 Å². The Morgan fingerprint density at radius 2 is 1.82 bits per heavy atom. The Kier molecular flexibility index (Phi) is 7.00. The molecule has 1 aromatic heterocycles. The van der Waals surface area contributed by atoms with Crippen LogP contribution in [-0.4, -0.2) is 11.6 Å². The minimum Gasteiger partial charge on any atom is -0.489 e. The molecule has 0 spiro atoms. The first-order valence-corrected chi connectivity index (χ1v) is 14.0.